The molecule has 0 aliphatic carbocycles. The van der Waals surface area contributed by atoms with E-state index in [9.17, 15) is 9.59 Å². The summed E-state index contributed by atoms with van der Waals surface area (Å²) < 4.78 is 7.32. The molecule has 3 aromatic rings. The minimum atomic E-state index is -0.0871. The summed E-state index contributed by atoms with van der Waals surface area (Å²) in [6.45, 7) is 2.65. The molecule has 2 aliphatic rings. The largest absolute Gasteiger partial charge is 0.378 e. The third kappa shape index (κ3) is 4.44. The van der Waals surface area contributed by atoms with Crippen LogP contribution >= 0.6 is 11.8 Å². The lowest BCUT2D eigenvalue weighted by molar-refractivity contribution is -0.135. The molecule has 33 heavy (non-hydrogen) atoms. The van der Waals surface area contributed by atoms with E-state index in [1.165, 1.54) is 11.8 Å². The van der Waals surface area contributed by atoms with Crippen LogP contribution in [-0.2, 0) is 20.9 Å². The van der Waals surface area contributed by atoms with Crippen molar-refractivity contribution in [3.05, 3.63) is 71.3 Å². The molecule has 3 heterocycles. The number of para-hydroxylation sites is 2. The SMILES string of the molecule is CN1C(=O)/C(=C/c2cn(CC(=O)N3CCOCC3)c3ccccc23)SC1=Nc1ccccc1. The molecule has 5 rings (SSSR count). The first-order valence-electron chi connectivity index (χ1n) is 10.8. The van der Waals surface area contributed by atoms with Crippen LogP contribution in [0.5, 0.6) is 0 Å². The number of rotatable bonds is 4. The molecule has 2 amide bonds. The van der Waals surface area contributed by atoms with Gasteiger partial charge in [0.05, 0.1) is 23.8 Å². The Morgan fingerprint density at radius 2 is 1.82 bits per heavy atom. The van der Waals surface area contributed by atoms with Gasteiger partial charge >= 0.3 is 0 Å². The van der Waals surface area contributed by atoms with E-state index in [1.54, 1.807) is 11.9 Å². The Morgan fingerprint density at radius 1 is 1.09 bits per heavy atom. The number of likely N-dealkylation sites (N-methyl/N-ethyl adjacent to an activating group) is 1. The number of carbonyl (C=O) groups excluding carboxylic acids is 2. The number of carbonyl (C=O) groups is 2. The van der Waals surface area contributed by atoms with Gasteiger partial charge in [-0.15, -0.1) is 0 Å². The molecule has 2 aliphatic heterocycles. The quantitative estimate of drug-likeness (QED) is 0.557. The van der Waals surface area contributed by atoms with E-state index in [0.29, 0.717) is 36.4 Å². The van der Waals surface area contributed by atoms with Crippen LogP contribution < -0.4 is 0 Å². The second-order valence-corrected chi connectivity index (χ2v) is 8.94. The smallest absolute Gasteiger partial charge is 0.266 e. The fourth-order valence-electron chi connectivity index (χ4n) is 3.99. The van der Waals surface area contributed by atoms with E-state index in [4.69, 9.17) is 4.74 Å². The number of hydrogen-bond donors (Lipinski definition) is 0. The summed E-state index contributed by atoms with van der Waals surface area (Å²) in [7, 11) is 1.74. The second-order valence-electron chi connectivity index (χ2n) is 7.93. The van der Waals surface area contributed by atoms with Gasteiger partial charge in [-0.25, -0.2) is 4.99 Å². The van der Waals surface area contributed by atoms with Gasteiger partial charge in [-0.3, -0.25) is 14.5 Å². The Bertz CT molecular complexity index is 1260. The van der Waals surface area contributed by atoms with E-state index >= 15 is 0 Å². The maximum atomic E-state index is 12.9. The third-order valence-corrected chi connectivity index (χ3v) is 6.82. The number of hydrogen-bond acceptors (Lipinski definition) is 5. The predicted octanol–water partition coefficient (Wildman–Crippen LogP) is 3.73. The molecule has 8 heteroatoms. The van der Waals surface area contributed by atoms with Gasteiger partial charge in [0, 0.05) is 42.8 Å². The van der Waals surface area contributed by atoms with E-state index in [2.05, 4.69) is 4.99 Å². The van der Waals surface area contributed by atoms with Gasteiger partial charge in [0.2, 0.25) is 5.91 Å². The summed E-state index contributed by atoms with van der Waals surface area (Å²) in [6, 6.07) is 17.5. The van der Waals surface area contributed by atoms with Crippen molar-refractivity contribution in [1.29, 1.82) is 0 Å². The fraction of sp³-hybridized carbons (Fsp3) is 0.240. The molecule has 168 valence electrons. The van der Waals surface area contributed by atoms with E-state index in [1.807, 2.05) is 76.3 Å². The molecule has 0 atom stereocenters. The number of aliphatic imine (C=N–C) groups is 1. The second kappa shape index (κ2) is 9.25. The molecule has 1 aromatic heterocycles. The first kappa shape index (κ1) is 21.5. The maximum Gasteiger partial charge on any atom is 0.266 e. The lowest BCUT2D eigenvalue weighted by Gasteiger charge is -2.27. The summed E-state index contributed by atoms with van der Waals surface area (Å²) in [6.07, 6.45) is 3.85. The highest BCUT2D eigenvalue weighted by atomic mass is 32.2. The van der Waals surface area contributed by atoms with Gasteiger partial charge in [0.1, 0.15) is 6.54 Å². The van der Waals surface area contributed by atoms with Crippen molar-refractivity contribution in [3.8, 4) is 0 Å². The minimum Gasteiger partial charge on any atom is -0.378 e. The summed E-state index contributed by atoms with van der Waals surface area (Å²) in [5.41, 5.74) is 2.68. The highest BCUT2D eigenvalue weighted by Gasteiger charge is 2.30. The lowest BCUT2D eigenvalue weighted by atomic mass is 10.1. The van der Waals surface area contributed by atoms with Crippen LogP contribution in [0.2, 0.25) is 0 Å². The zero-order valence-corrected chi connectivity index (χ0v) is 19.1. The molecule has 0 radical (unpaired) electrons. The van der Waals surface area contributed by atoms with Crippen molar-refractivity contribution in [1.82, 2.24) is 14.4 Å². The summed E-state index contributed by atoms with van der Waals surface area (Å²) in [5.74, 6) is -0.0162. The average molecular weight is 461 g/mol. The van der Waals surface area contributed by atoms with Crippen molar-refractivity contribution in [2.75, 3.05) is 33.4 Å². The summed E-state index contributed by atoms with van der Waals surface area (Å²) >= 11 is 1.36. The number of fused-ring (bicyclic) bond motifs is 1. The number of ether oxygens (including phenoxy) is 1. The standard InChI is InChI=1S/C25H24N4O3S/c1-27-24(31)22(33-25(27)26-19-7-3-2-4-8-19)15-18-16-29(21-10-6-5-9-20(18)21)17-23(30)28-11-13-32-14-12-28/h2-10,15-16H,11-14,17H2,1H3/b22-15-,26-25?. The van der Waals surface area contributed by atoms with Crippen LogP contribution in [0.1, 0.15) is 5.56 Å². The fourth-order valence-corrected chi connectivity index (χ4v) is 4.96. The van der Waals surface area contributed by atoms with E-state index < -0.39 is 0 Å². The monoisotopic (exact) mass is 460 g/mol. The van der Waals surface area contributed by atoms with Gasteiger partial charge in [-0.05, 0) is 36.0 Å². The summed E-state index contributed by atoms with van der Waals surface area (Å²) in [5, 5.41) is 1.65. The Kier molecular flexibility index (Phi) is 6.02. The predicted molar refractivity (Wildman–Crippen MR) is 131 cm³/mol. The molecule has 7 nitrogen and oxygen atoms in total. The van der Waals surface area contributed by atoms with Crippen molar-refractivity contribution in [2.45, 2.75) is 6.54 Å². The topological polar surface area (TPSA) is 67.1 Å². The molecule has 0 saturated carbocycles. The first-order valence-corrected chi connectivity index (χ1v) is 11.7. The minimum absolute atomic E-state index is 0.0709. The van der Waals surface area contributed by atoms with Gasteiger partial charge in [-0.2, -0.15) is 0 Å². The Morgan fingerprint density at radius 3 is 2.61 bits per heavy atom. The van der Waals surface area contributed by atoms with Gasteiger partial charge in [-0.1, -0.05) is 36.4 Å². The molecule has 0 N–H and O–H groups in total. The average Bonchev–Trinajstić information content (AvgIpc) is 3.32. The zero-order chi connectivity index (χ0) is 22.8. The van der Waals surface area contributed by atoms with Crippen molar-refractivity contribution in [2.24, 2.45) is 4.99 Å². The van der Waals surface area contributed by atoms with Gasteiger partial charge < -0.3 is 14.2 Å². The van der Waals surface area contributed by atoms with Crippen molar-refractivity contribution in [3.63, 3.8) is 0 Å². The highest BCUT2D eigenvalue weighted by molar-refractivity contribution is 8.18. The molecular formula is C25H24N4O3S. The Labute approximate surface area is 196 Å². The van der Waals surface area contributed by atoms with Gasteiger partial charge in [0.15, 0.2) is 5.17 Å². The number of benzene rings is 2. The normalized spacial score (nSPS) is 19.2. The molecule has 0 spiro atoms. The van der Waals surface area contributed by atoms with Crippen LogP contribution in [0.3, 0.4) is 0 Å². The van der Waals surface area contributed by atoms with Crippen molar-refractivity contribution >= 4 is 51.4 Å². The van der Waals surface area contributed by atoms with Crippen LogP contribution in [-0.4, -0.2) is 64.7 Å². The molecule has 2 aromatic carbocycles. The van der Waals surface area contributed by atoms with Crippen LogP contribution in [0, 0.1) is 0 Å². The van der Waals surface area contributed by atoms with Gasteiger partial charge in [0.25, 0.3) is 5.91 Å². The van der Waals surface area contributed by atoms with Crippen LogP contribution in [0.25, 0.3) is 17.0 Å². The number of amides is 2. The zero-order valence-electron chi connectivity index (χ0n) is 18.3. The third-order valence-electron chi connectivity index (χ3n) is 5.76. The summed E-state index contributed by atoms with van der Waals surface area (Å²) in [4.78, 5) is 34.4. The number of thioether (sulfide) groups is 1. The lowest BCUT2D eigenvalue weighted by Crippen LogP contribution is -2.42. The number of nitrogens with zero attached hydrogens (tertiary/aromatic N) is 4. The highest BCUT2D eigenvalue weighted by Crippen LogP contribution is 2.34. The van der Waals surface area contributed by atoms with Crippen molar-refractivity contribution < 1.29 is 14.3 Å². The molecular weight excluding hydrogens is 436 g/mol. The maximum absolute atomic E-state index is 12.9. The molecule has 0 bridgehead atoms. The van der Waals surface area contributed by atoms with Crippen LogP contribution in [0.15, 0.2) is 70.7 Å². The Balaban J connectivity index is 1.44. The van der Waals surface area contributed by atoms with E-state index in [-0.39, 0.29) is 18.4 Å². The number of morpholine rings is 1. The molecule has 2 saturated heterocycles. The van der Waals surface area contributed by atoms with Crippen LogP contribution in [0.4, 0.5) is 5.69 Å². The number of amidine groups is 1. The Hall–Kier alpha value is -3.36. The molecule has 0 unspecified atom stereocenters. The van der Waals surface area contributed by atoms with E-state index in [0.717, 1.165) is 22.2 Å². The first-order chi connectivity index (χ1) is 16.1. The molecule has 2 fully saturated rings. The number of aromatic nitrogens is 1.